The van der Waals surface area contributed by atoms with Crippen molar-refractivity contribution in [2.24, 2.45) is 0 Å². The van der Waals surface area contributed by atoms with E-state index in [2.05, 4.69) is 0 Å². The van der Waals surface area contributed by atoms with Crippen LogP contribution in [0.15, 0.2) is 48.5 Å². The fourth-order valence-electron chi connectivity index (χ4n) is 5.35. The van der Waals surface area contributed by atoms with Crippen molar-refractivity contribution in [2.45, 2.75) is 60.9 Å². The molecule has 0 radical (unpaired) electrons. The van der Waals surface area contributed by atoms with Crippen LogP contribution in [0.25, 0.3) is 0 Å². The van der Waals surface area contributed by atoms with E-state index in [-0.39, 0.29) is 0 Å². The number of benzene rings is 2. The number of halogens is 12. The maximum atomic E-state index is 14.5. The van der Waals surface area contributed by atoms with Gasteiger partial charge in [-0.05, 0) is 0 Å². The van der Waals surface area contributed by atoms with E-state index < -0.39 is 73.1 Å². The molecule has 0 saturated carbocycles. The molecule has 0 aliphatic carbocycles. The third-order valence-corrected chi connectivity index (χ3v) is 19.9. The Hall–Kier alpha value is -1.92. The molecule has 0 saturated heterocycles. The third-order valence-electron chi connectivity index (χ3n) is 6.88. The second-order valence-corrected chi connectivity index (χ2v) is 19.3. The molecule has 0 N–H and O–H groups in total. The van der Waals surface area contributed by atoms with Crippen LogP contribution >= 0.6 is 0 Å². The summed E-state index contributed by atoms with van der Waals surface area (Å²) < 4.78 is 180. The minimum atomic E-state index is -7.53. The molecule has 37 heavy (non-hydrogen) atoms. The standard InChI is InChI=1S/C22H17AsF12O2/c1-16(2,3)23(14-10-6-4-8-12(14)17(36-23,19(24,25)26)20(27,28)29)15-11-7-5-9-13(15)18(37-23,21(30,31)32)22(33,34)35/h4-11H,1-3H3. The van der Waals surface area contributed by atoms with E-state index >= 15 is 0 Å². The van der Waals surface area contributed by atoms with Gasteiger partial charge in [0.25, 0.3) is 0 Å². The zero-order chi connectivity index (χ0) is 28.3. The number of hydrogen-bond acceptors (Lipinski definition) is 2. The number of fused-ring (bicyclic) bond motifs is 4. The summed E-state index contributed by atoms with van der Waals surface area (Å²) in [5.41, 5.74) is -13.9. The van der Waals surface area contributed by atoms with Crippen molar-refractivity contribution in [3.8, 4) is 0 Å². The van der Waals surface area contributed by atoms with Crippen LogP contribution in [0.5, 0.6) is 0 Å². The summed E-state index contributed by atoms with van der Waals surface area (Å²) >= 11 is -7.53. The van der Waals surface area contributed by atoms with Crippen LogP contribution in [0.4, 0.5) is 52.7 Å². The van der Waals surface area contributed by atoms with Gasteiger partial charge in [-0.15, -0.1) is 0 Å². The van der Waals surface area contributed by atoms with Crippen LogP contribution in [-0.2, 0) is 18.7 Å². The van der Waals surface area contributed by atoms with Crippen LogP contribution in [-0.4, -0.2) is 37.8 Å². The monoisotopic (exact) mass is 616 g/mol. The van der Waals surface area contributed by atoms with Gasteiger partial charge in [0.15, 0.2) is 0 Å². The normalized spacial score (nSPS) is 23.3. The molecule has 4 rings (SSSR count). The van der Waals surface area contributed by atoms with Gasteiger partial charge in [0, 0.05) is 0 Å². The molecule has 0 aromatic heterocycles. The molecule has 0 unspecified atom stereocenters. The molecular formula is C22H17AsF12O2. The van der Waals surface area contributed by atoms with E-state index in [1.807, 2.05) is 0 Å². The number of alkyl halides is 12. The quantitative estimate of drug-likeness (QED) is 0.243. The molecule has 0 bridgehead atoms. The van der Waals surface area contributed by atoms with Gasteiger partial charge < -0.3 is 0 Å². The van der Waals surface area contributed by atoms with Crippen molar-refractivity contribution in [1.82, 2.24) is 0 Å². The fourth-order valence-corrected chi connectivity index (χ4v) is 18.8. The number of hydrogen-bond donors (Lipinski definition) is 0. The summed E-state index contributed by atoms with van der Waals surface area (Å²) in [6.07, 6.45) is -25.4. The van der Waals surface area contributed by atoms with E-state index in [1.165, 1.54) is 0 Å². The van der Waals surface area contributed by atoms with Gasteiger partial charge in [0.1, 0.15) is 0 Å². The average Bonchev–Trinajstić information content (AvgIpc) is 3.17. The first-order valence-electron chi connectivity index (χ1n) is 10.4. The van der Waals surface area contributed by atoms with Crippen LogP contribution < -0.4 is 8.70 Å². The first-order valence-corrected chi connectivity index (χ1v) is 14.7. The average molecular weight is 616 g/mol. The molecule has 2 heterocycles. The zero-order valence-electron chi connectivity index (χ0n) is 18.9. The summed E-state index contributed by atoms with van der Waals surface area (Å²) in [4.78, 5) is 0. The van der Waals surface area contributed by atoms with Crippen molar-refractivity contribution in [3.05, 3.63) is 59.7 Å². The van der Waals surface area contributed by atoms with Crippen molar-refractivity contribution in [3.63, 3.8) is 0 Å². The first-order chi connectivity index (χ1) is 16.5. The molecule has 1 spiro atoms. The summed E-state index contributed by atoms with van der Waals surface area (Å²) in [5, 5.41) is 0. The van der Waals surface area contributed by atoms with Crippen LogP contribution in [0.1, 0.15) is 31.9 Å². The van der Waals surface area contributed by atoms with Crippen molar-refractivity contribution in [2.75, 3.05) is 0 Å². The zero-order valence-corrected chi connectivity index (χ0v) is 20.8. The molecule has 2 aromatic rings. The van der Waals surface area contributed by atoms with E-state index in [9.17, 15) is 52.7 Å². The molecule has 2 aliphatic heterocycles. The van der Waals surface area contributed by atoms with Gasteiger partial charge >= 0.3 is 203 Å². The third kappa shape index (κ3) is 2.89. The number of rotatable bonds is 0. The van der Waals surface area contributed by atoms with E-state index in [0.29, 0.717) is 24.3 Å². The predicted octanol–water partition coefficient (Wildman–Crippen LogP) is 6.70. The summed E-state index contributed by atoms with van der Waals surface area (Å²) in [7, 11) is 0. The minimum absolute atomic E-state index is 0.342. The molecule has 2 nitrogen and oxygen atoms in total. The molecule has 0 amide bonds. The Labute approximate surface area is 202 Å². The summed E-state index contributed by atoms with van der Waals surface area (Å²) in [6.45, 7) is 2.74. The molecule has 0 fully saturated rings. The Kier molecular flexibility index (Phi) is 5.45. The van der Waals surface area contributed by atoms with Gasteiger partial charge in [0.2, 0.25) is 0 Å². The van der Waals surface area contributed by atoms with E-state index in [4.69, 9.17) is 7.45 Å². The van der Waals surface area contributed by atoms with Crippen LogP contribution in [0.3, 0.4) is 0 Å². The molecule has 2 aliphatic rings. The van der Waals surface area contributed by atoms with Crippen molar-refractivity contribution in [1.29, 1.82) is 0 Å². The molecule has 0 atom stereocenters. The Balaban J connectivity index is 2.36. The molecule has 2 aromatic carbocycles. The summed E-state index contributed by atoms with van der Waals surface area (Å²) in [6, 6.07) is 5.28. The van der Waals surface area contributed by atoms with E-state index in [0.717, 1.165) is 45.0 Å². The van der Waals surface area contributed by atoms with E-state index in [1.54, 1.807) is 0 Å². The Bertz CT molecular complexity index is 1130. The summed E-state index contributed by atoms with van der Waals surface area (Å²) in [5.74, 6) is 0. The predicted molar refractivity (Wildman–Crippen MR) is 107 cm³/mol. The Morgan fingerprint density at radius 2 is 0.784 bits per heavy atom. The van der Waals surface area contributed by atoms with Crippen molar-refractivity contribution >= 4 is 21.8 Å². The maximum absolute atomic E-state index is 14.5. The Morgan fingerprint density at radius 1 is 0.514 bits per heavy atom. The first kappa shape index (κ1) is 28.1. The Morgan fingerprint density at radius 3 is 1.03 bits per heavy atom. The van der Waals surface area contributed by atoms with Gasteiger partial charge in [-0.3, -0.25) is 0 Å². The second-order valence-electron chi connectivity index (χ2n) is 9.70. The molecule has 15 heteroatoms. The molecule has 206 valence electrons. The second kappa shape index (κ2) is 7.18. The van der Waals surface area contributed by atoms with Crippen molar-refractivity contribution < 1.29 is 60.1 Å². The fraction of sp³-hybridized carbons (Fsp3) is 0.455. The van der Waals surface area contributed by atoms with Crippen LogP contribution in [0, 0.1) is 0 Å². The topological polar surface area (TPSA) is 18.5 Å². The van der Waals surface area contributed by atoms with Gasteiger partial charge in [-0.1, -0.05) is 0 Å². The van der Waals surface area contributed by atoms with Gasteiger partial charge in [-0.2, -0.15) is 0 Å². The van der Waals surface area contributed by atoms with Gasteiger partial charge in [0.05, 0.1) is 0 Å². The SMILES string of the molecule is CC(C)(C)[As]12(OC(C(F)(F)F)(C(F)(F)F)c3ccccc31)OC(C(F)(F)F)(C(F)(F)F)c1ccccc12. The van der Waals surface area contributed by atoms with Crippen LogP contribution in [0.2, 0.25) is 4.20 Å². The molecular weight excluding hydrogens is 599 g/mol. The van der Waals surface area contributed by atoms with Gasteiger partial charge in [-0.25, -0.2) is 0 Å².